The summed E-state index contributed by atoms with van der Waals surface area (Å²) in [6, 6.07) is 9.63. The first-order valence-corrected chi connectivity index (χ1v) is 9.19. The summed E-state index contributed by atoms with van der Waals surface area (Å²) in [5.74, 6) is -2.90. The minimum Gasteiger partial charge on any atom is -0.469 e. The molecule has 1 aromatic carbocycles. The number of rotatable bonds is 6. The van der Waals surface area contributed by atoms with E-state index in [1.54, 1.807) is 20.8 Å². The number of ketones is 1. The molecule has 0 N–H and O–H groups in total. The fourth-order valence-electron chi connectivity index (χ4n) is 3.29. The maximum atomic E-state index is 12.7. The first-order chi connectivity index (χ1) is 12.7. The number of carbonyl (C=O) groups is 3. The molecule has 0 spiro atoms. The minimum atomic E-state index is -1.02. The number of benzene rings is 1. The molecule has 1 fully saturated rings. The van der Waals surface area contributed by atoms with Crippen LogP contribution < -0.4 is 0 Å². The Morgan fingerprint density at radius 2 is 1.81 bits per heavy atom. The van der Waals surface area contributed by atoms with Crippen molar-refractivity contribution in [3.63, 3.8) is 0 Å². The van der Waals surface area contributed by atoms with Crippen LogP contribution in [0.2, 0.25) is 0 Å². The smallest absolute Gasteiger partial charge is 0.317 e. The summed E-state index contributed by atoms with van der Waals surface area (Å²) in [5.41, 5.74) is 0.269. The molecule has 0 radical (unpaired) electrons. The molecule has 1 aliphatic rings. The molecule has 0 saturated heterocycles. The van der Waals surface area contributed by atoms with E-state index in [0.29, 0.717) is 13.0 Å². The molecule has 6 nitrogen and oxygen atoms in total. The van der Waals surface area contributed by atoms with Crippen molar-refractivity contribution < 1.29 is 28.6 Å². The van der Waals surface area contributed by atoms with E-state index in [2.05, 4.69) is 0 Å². The molecule has 27 heavy (non-hydrogen) atoms. The lowest BCUT2D eigenvalue weighted by atomic mass is 9.74. The minimum absolute atomic E-state index is 0.0639. The van der Waals surface area contributed by atoms with Crippen molar-refractivity contribution in [3.8, 4) is 0 Å². The number of ether oxygens (including phenoxy) is 3. The highest BCUT2D eigenvalue weighted by Crippen LogP contribution is 2.35. The number of hydrogen-bond donors (Lipinski definition) is 0. The van der Waals surface area contributed by atoms with Crippen LogP contribution >= 0.6 is 0 Å². The average Bonchev–Trinajstić information content (AvgIpc) is 2.60. The molecule has 3 atom stereocenters. The van der Waals surface area contributed by atoms with Crippen molar-refractivity contribution in [1.82, 2.24) is 0 Å². The zero-order chi connectivity index (χ0) is 20.0. The zero-order valence-corrected chi connectivity index (χ0v) is 16.4. The zero-order valence-electron chi connectivity index (χ0n) is 16.4. The molecule has 1 unspecified atom stereocenters. The van der Waals surface area contributed by atoms with Crippen LogP contribution in [0.1, 0.15) is 45.6 Å². The Hall–Kier alpha value is -2.21. The van der Waals surface area contributed by atoms with Gasteiger partial charge >= 0.3 is 11.9 Å². The van der Waals surface area contributed by atoms with Gasteiger partial charge in [-0.25, -0.2) is 0 Å². The molecule has 148 valence electrons. The first kappa shape index (κ1) is 21.1. The largest absolute Gasteiger partial charge is 0.469 e. The van der Waals surface area contributed by atoms with Gasteiger partial charge in [-0.3, -0.25) is 14.4 Å². The van der Waals surface area contributed by atoms with Crippen molar-refractivity contribution >= 4 is 17.7 Å². The van der Waals surface area contributed by atoms with Gasteiger partial charge in [0.1, 0.15) is 17.3 Å². The molecule has 2 rings (SSSR count). The van der Waals surface area contributed by atoms with Gasteiger partial charge in [0.15, 0.2) is 0 Å². The number of hydrogen-bond acceptors (Lipinski definition) is 6. The lowest BCUT2D eigenvalue weighted by Crippen LogP contribution is -2.46. The molecule has 0 aliphatic heterocycles. The van der Waals surface area contributed by atoms with Gasteiger partial charge in [0.2, 0.25) is 0 Å². The number of esters is 2. The summed E-state index contributed by atoms with van der Waals surface area (Å²) in [7, 11) is 1.29. The SMILES string of the molecule is COC(=O)C[C@@H]1C(C(=O)OC(C)(C)C)C(=O)CC[C@H]1OCc1ccccc1. The van der Waals surface area contributed by atoms with E-state index in [1.807, 2.05) is 30.3 Å². The fourth-order valence-corrected chi connectivity index (χ4v) is 3.29. The third-order valence-corrected chi connectivity index (χ3v) is 4.53. The summed E-state index contributed by atoms with van der Waals surface area (Å²) in [4.78, 5) is 37.1. The summed E-state index contributed by atoms with van der Waals surface area (Å²) >= 11 is 0. The van der Waals surface area contributed by atoms with Crippen LogP contribution in [0.5, 0.6) is 0 Å². The van der Waals surface area contributed by atoms with Crippen LogP contribution in [0, 0.1) is 11.8 Å². The predicted molar refractivity (Wildman–Crippen MR) is 98.7 cm³/mol. The lowest BCUT2D eigenvalue weighted by Gasteiger charge is -2.36. The maximum Gasteiger partial charge on any atom is 0.317 e. The van der Waals surface area contributed by atoms with E-state index in [9.17, 15) is 14.4 Å². The van der Waals surface area contributed by atoms with Crippen molar-refractivity contribution in [3.05, 3.63) is 35.9 Å². The van der Waals surface area contributed by atoms with Gasteiger partial charge in [-0.05, 0) is 32.8 Å². The second-order valence-corrected chi connectivity index (χ2v) is 7.80. The summed E-state index contributed by atoms with van der Waals surface area (Å²) < 4.78 is 16.2. The van der Waals surface area contributed by atoms with Gasteiger partial charge in [0, 0.05) is 12.3 Å². The van der Waals surface area contributed by atoms with Gasteiger partial charge in [-0.1, -0.05) is 30.3 Å². The molecule has 0 amide bonds. The highest BCUT2D eigenvalue weighted by molar-refractivity contribution is 6.00. The van der Waals surface area contributed by atoms with Crippen molar-refractivity contribution in [2.75, 3.05) is 7.11 Å². The van der Waals surface area contributed by atoms with Crippen LogP contribution in [-0.2, 0) is 35.2 Å². The highest BCUT2D eigenvalue weighted by Gasteiger charge is 2.46. The number of methoxy groups -OCH3 is 1. The normalized spacial score (nSPS) is 23.0. The molecule has 0 aromatic heterocycles. The highest BCUT2D eigenvalue weighted by atomic mass is 16.6. The first-order valence-electron chi connectivity index (χ1n) is 9.19. The average molecular weight is 376 g/mol. The standard InChI is InChI=1S/C21H28O6/c1-21(2,3)27-20(24)19-15(12-18(23)25-4)17(11-10-16(19)22)26-13-14-8-6-5-7-9-14/h5-9,15,17,19H,10-13H2,1-4H3/t15-,17+,19?/m0/s1. The molecular weight excluding hydrogens is 348 g/mol. The summed E-state index contributed by atoms with van der Waals surface area (Å²) in [5, 5.41) is 0. The van der Waals surface area contributed by atoms with E-state index in [4.69, 9.17) is 14.2 Å². The van der Waals surface area contributed by atoms with Gasteiger partial charge in [-0.15, -0.1) is 0 Å². The molecule has 1 saturated carbocycles. The van der Waals surface area contributed by atoms with Crippen molar-refractivity contribution in [2.45, 2.75) is 58.3 Å². The van der Waals surface area contributed by atoms with Gasteiger partial charge in [-0.2, -0.15) is 0 Å². The van der Waals surface area contributed by atoms with Crippen LogP contribution in [0.25, 0.3) is 0 Å². The van der Waals surface area contributed by atoms with Crippen LogP contribution in [-0.4, -0.2) is 36.5 Å². The Morgan fingerprint density at radius 3 is 2.41 bits per heavy atom. The van der Waals surface area contributed by atoms with E-state index in [0.717, 1.165) is 5.56 Å². The quantitative estimate of drug-likeness (QED) is 0.561. The monoisotopic (exact) mass is 376 g/mol. The Labute approximate surface area is 160 Å². The topological polar surface area (TPSA) is 78.9 Å². The summed E-state index contributed by atoms with van der Waals surface area (Å²) in [6.45, 7) is 5.59. The van der Waals surface area contributed by atoms with Crippen molar-refractivity contribution in [2.24, 2.45) is 11.8 Å². The number of Topliss-reactive ketones (excluding diaryl/α,β-unsaturated/α-hetero) is 1. The maximum absolute atomic E-state index is 12.7. The van der Waals surface area contributed by atoms with E-state index >= 15 is 0 Å². The second-order valence-electron chi connectivity index (χ2n) is 7.80. The molecule has 0 bridgehead atoms. The molecule has 0 heterocycles. The van der Waals surface area contributed by atoms with Crippen molar-refractivity contribution in [1.29, 1.82) is 0 Å². The second kappa shape index (κ2) is 9.13. The Morgan fingerprint density at radius 1 is 1.15 bits per heavy atom. The Kier molecular flexibility index (Phi) is 7.13. The van der Waals surface area contributed by atoms with Gasteiger partial charge < -0.3 is 14.2 Å². The molecular formula is C21H28O6. The van der Waals surface area contributed by atoms with Gasteiger partial charge in [0.25, 0.3) is 0 Å². The van der Waals surface area contributed by atoms with Crippen LogP contribution in [0.15, 0.2) is 30.3 Å². The number of carbonyl (C=O) groups excluding carboxylic acids is 3. The lowest BCUT2D eigenvalue weighted by molar-refractivity contribution is -0.171. The summed E-state index contributed by atoms with van der Waals surface area (Å²) in [6.07, 6.45) is 0.221. The Bertz CT molecular complexity index is 661. The van der Waals surface area contributed by atoms with Gasteiger partial charge in [0.05, 0.1) is 26.2 Å². The van der Waals surface area contributed by atoms with E-state index in [1.165, 1.54) is 7.11 Å². The Balaban J connectivity index is 2.19. The van der Waals surface area contributed by atoms with Crippen LogP contribution in [0.4, 0.5) is 0 Å². The molecule has 1 aromatic rings. The third kappa shape index (κ3) is 6.17. The molecule has 1 aliphatic carbocycles. The fraction of sp³-hybridized carbons (Fsp3) is 0.571. The van der Waals surface area contributed by atoms with E-state index < -0.39 is 35.5 Å². The third-order valence-electron chi connectivity index (χ3n) is 4.53. The van der Waals surface area contributed by atoms with E-state index in [-0.39, 0.29) is 18.6 Å². The molecule has 6 heteroatoms. The predicted octanol–water partition coefficient (Wildman–Crippen LogP) is 3.07. The van der Waals surface area contributed by atoms with Crippen LogP contribution in [0.3, 0.4) is 0 Å².